The molecule has 9 nitrogen and oxygen atoms in total. The van der Waals surface area contributed by atoms with Crippen LogP contribution in [0.4, 0.5) is 13.2 Å². The highest BCUT2D eigenvalue weighted by atomic mass is 32.2. The number of nitrogens with zero attached hydrogens (tertiary/aromatic N) is 2. The van der Waals surface area contributed by atoms with E-state index in [0.29, 0.717) is 30.8 Å². The molecule has 4 rings (SSSR count). The fourth-order valence-electron chi connectivity index (χ4n) is 5.37. The van der Waals surface area contributed by atoms with Crippen LogP contribution in [0.2, 0.25) is 0 Å². The molecule has 3 fully saturated rings. The summed E-state index contributed by atoms with van der Waals surface area (Å²) in [6.07, 6.45) is -3.47. The molecule has 3 N–H and O–H groups in total. The summed E-state index contributed by atoms with van der Waals surface area (Å²) in [6.45, 7) is 4.13. The van der Waals surface area contributed by atoms with Crippen molar-refractivity contribution >= 4 is 35.5 Å². The van der Waals surface area contributed by atoms with Gasteiger partial charge >= 0.3 is 12.4 Å². The van der Waals surface area contributed by atoms with Gasteiger partial charge in [0.15, 0.2) is 0 Å². The van der Waals surface area contributed by atoms with Gasteiger partial charge in [-0.25, -0.2) is 9.18 Å². The molecule has 4 aliphatic rings. The van der Waals surface area contributed by atoms with E-state index in [0.717, 1.165) is 0 Å². The number of carboxylic acid groups (broad SMARTS) is 1. The zero-order valence-corrected chi connectivity index (χ0v) is 19.5. The van der Waals surface area contributed by atoms with Crippen LogP contribution >= 0.6 is 11.8 Å². The lowest BCUT2D eigenvalue weighted by molar-refractivity contribution is -0.159. The minimum absolute atomic E-state index is 0.0839. The van der Waals surface area contributed by atoms with Crippen molar-refractivity contribution in [2.24, 2.45) is 11.8 Å². The number of aliphatic carboxylic acids is 1. The number of hydrogen-bond acceptors (Lipinski definition) is 6. The summed E-state index contributed by atoms with van der Waals surface area (Å²) in [7, 11) is 0. The first-order valence-electron chi connectivity index (χ1n) is 11.2. The number of rotatable bonds is 7. The van der Waals surface area contributed by atoms with Gasteiger partial charge in [0, 0.05) is 35.2 Å². The summed E-state index contributed by atoms with van der Waals surface area (Å²) < 4.78 is 38.7. The van der Waals surface area contributed by atoms with Crippen LogP contribution in [0.5, 0.6) is 0 Å². The lowest BCUT2D eigenvalue weighted by Crippen LogP contribution is -2.66. The maximum absolute atomic E-state index is 13.5. The van der Waals surface area contributed by atoms with Crippen molar-refractivity contribution in [3.8, 4) is 0 Å². The van der Waals surface area contributed by atoms with Gasteiger partial charge < -0.3 is 25.5 Å². The topological polar surface area (TPSA) is 119 Å². The van der Waals surface area contributed by atoms with E-state index < -0.39 is 54.4 Å². The van der Waals surface area contributed by atoms with Crippen molar-refractivity contribution in [3.63, 3.8) is 0 Å². The Kier molecular flexibility index (Phi) is 6.87. The Bertz CT molecular complexity index is 934. The van der Waals surface area contributed by atoms with E-state index >= 15 is 0 Å². The van der Waals surface area contributed by atoms with E-state index in [2.05, 4.69) is 10.6 Å². The molecule has 13 heteroatoms. The number of carboxylic acids is 1. The third kappa shape index (κ3) is 4.28. The van der Waals surface area contributed by atoms with Gasteiger partial charge in [-0.15, -0.1) is 11.8 Å². The molecule has 0 aromatic heterocycles. The minimum Gasteiger partial charge on any atom is -0.477 e. The Labute approximate surface area is 198 Å². The Morgan fingerprint density at radius 3 is 2.59 bits per heavy atom. The van der Waals surface area contributed by atoms with Gasteiger partial charge in [-0.3, -0.25) is 14.4 Å². The smallest absolute Gasteiger partial charge is 0.353 e. The number of nitrogens with one attached hydrogen (secondary N) is 2. The molecular weight excluding hydrogens is 477 g/mol. The predicted octanol–water partition coefficient (Wildman–Crippen LogP) is 0.563. The van der Waals surface area contributed by atoms with Crippen LogP contribution < -0.4 is 10.6 Å². The average molecular weight is 505 g/mol. The Balaban J connectivity index is 1.44. The molecule has 0 aromatic carbocycles. The number of fused-ring (bicyclic) bond motifs is 1. The number of likely N-dealkylation sites (tertiary alicyclic amines) is 1. The van der Waals surface area contributed by atoms with Crippen LogP contribution in [-0.4, -0.2) is 94.2 Å². The maximum Gasteiger partial charge on any atom is 0.353 e. The van der Waals surface area contributed by atoms with E-state index in [1.54, 1.807) is 6.92 Å². The number of carbonyl (C=O) groups excluding carboxylic acids is 3. The van der Waals surface area contributed by atoms with E-state index in [4.69, 9.17) is 0 Å². The fourth-order valence-corrected chi connectivity index (χ4v) is 6.85. The molecule has 4 heterocycles. The summed E-state index contributed by atoms with van der Waals surface area (Å²) >= 11 is 1.30. The van der Waals surface area contributed by atoms with Crippen LogP contribution in [-0.2, 0) is 19.2 Å². The van der Waals surface area contributed by atoms with Crippen molar-refractivity contribution < 1.29 is 37.5 Å². The first-order valence-corrected chi connectivity index (χ1v) is 12.1. The Morgan fingerprint density at radius 1 is 1.29 bits per heavy atom. The number of β-lactam (4-membered cyclic amide) rings is 1. The van der Waals surface area contributed by atoms with Crippen molar-refractivity contribution in [3.05, 3.63) is 10.6 Å². The molecule has 3 saturated heterocycles. The number of halogens is 3. The normalized spacial score (nSPS) is 33.9. The molecule has 4 aliphatic heterocycles. The van der Waals surface area contributed by atoms with Gasteiger partial charge in [-0.2, -0.15) is 8.78 Å². The van der Waals surface area contributed by atoms with Crippen LogP contribution in [0.25, 0.3) is 0 Å². The largest absolute Gasteiger partial charge is 0.477 e. The minimum atomic E-state index is -3.21. The summed E-state index contributed by atoms with van der Waals surface area (Å²) in [5.74, 6) is -4.64. The quantitative estimate of drug-likeness (QED) is 0.434. The van der Waals surface area contributed by atoms with E-state index in [-0.39, 0.29) is 29.3 Å². The third-order valence-electron chi connectivity index (χ3n) is 7.02. The van der Waals surface area contributed by atoms with Crippen molar-refractivity contribution in [1.82, 2.24) is 20.4 Å². The molecule has 0 spiro atoms. The van der Waals surface area contributed by atoms with Gasteiger partial charge in [-0.05, 0) is 19.8 Å². The third-order valence-corrected chi connectivity index (χ3v) is 8.53. The predicted molar refractivity (Wildman–Crippen MR) is 115 cm³/mol. The van der Waals surface area contributed by atoms with Crippen LogP contribution in [0.15, 0.2) is 10.6 Å². The summed E-state index contributed by atoms with van der Waals surface area (Å²) in [6, 6.07) is -1.93. The number of amides is 3. The van der Waals surface area contributed by atoms with E-state index in [1.165, 1.54) is 28.5 Å². The van der Waals surface area contributed by atoms with Crippen molar-refractivity contribution in [2.45, 2.75) is 62.7 Å². The summed E-state index contributed by atoms with van der Waals surface area (Å²) in [5, 5.41) is 15.0. The van der Waals surface area contributed by atoms with Gasteiger partial charge in [0.05, 0.1) is 24.5 Å². The standard InChI is InChI=1S/C21H27F3N4O5S/c1-8-14-13(9(2)26-18(29)17(23)24)20(31)28(14)15(21(32)33)16(8)34-11-5-12(25-6-11)19(30)27-4-3-10(22)7-27/h8-14,17,25H,3-7H2,1-2H3,(H,26,29)(H,32,33)/t8-,9-,10+,11+,12+,13-,14-/m1/s1. The van der Waals surface area contributed by atoms with Gasteiger partial charge in [0.2, 0.25) is 11.8 Å². The van der Waals surface area contributed by atoms with Gasteiger partial charge in [0.1, 0.15) is 11.9 Å². The second kappa shape index (κ2) is 9.40. The zero-order valence-electron chi connectivity index (χ0n) is 18.7. The molecule has 7 atom stereocenters. The molecule has 0 aromatic rings. The second-order valence-electron chi connectivity index (χ2n) is 9.24. The number of hydrogen-bond donors (Lipinski definition) is 3. The number of carbonyl (C=O) groups is 4. The molecule has 0 radical (unpaired) electrons. The van der Waals surface area contributed by atoms with Crippen molar-refractivity contribution in [1.29, 1.82) is 0 Å². The first-order chi connectivity index (χ1) is 16.0. The first kappa shape index (κ1) is 24.8. The highest BCUT2D eigenvalue weighted by Gasteiger charge is 2.60. The zero-order chi connectivity index (χ0) is 24.9. The Hall–Kier alpha value is -2.28. The van der Waals surface area contributed by atoms with Gasteiger partial charge in [0.25, 0.3) is 5.91 Å². The average Bonchev–Trinajstić information content (AvgIpc) is 3.46. The highest BCUT2D eigenvalue weighted by molar-refractivity contribution is 8.03. The SMILES string of the molecule is C[C@@H](NC(=O)C(F)F)[C@H]1C(=O)N2C(C(=O)O)=C(S[C@@H]3CN[C@H](C(=O)N4CC[C@H](F)C4)C3)[C@H](C)[C@H]12. The lowest BCUT2D eigenvalue weighted by Gasteiger charge is -2.47. The molecule has 34 heavy (non-hydrogen) atoms. The van der Waals surface area contributed by atoms with Crippen LogP contribution in [0.1, 0.15) is 26.7 Å². The fraction of sp³-hybridized carbons (Fsp3) is 0.714. The van der Waals surface area contributed by atoms with E-state index in [1.807, 2.05) is 0 Å². The molecule has 3 amide bonds. The summed E-state index contributed by atoms with van der Waals surface area (Å²) in [4.78, 5) is 52.1. The van der Waals surface area contributed by atoms with E-state index in [9.17, 15) is 37.5 Å². The van der Waals surface area contributed by atoms with Crippen LogP contribution in [0, 0.1) is 11.8 Å². The molecule has 188 valence electrons. The lowest BCUT2D eigenvalue weighted by atomic mass is 9.78. The molecule has 0 unspecified atom stereocenters. The second-order valence-corrected chi connectivity index (χ2v) is 10.6. The number of alkyl halides is 3. The maximum atomic E-state index is 13.5. The molecule has 0 bridgehead atoms. The van der Waals surface area contributed by atoms with Crippen molar-refractivity contribution in [2.75, 3.05) is 19.6 Å². The Morgan fingerprint density at radius 2 is 2.00 bits per heavy atom. The summed E-state index contributed by atoms with van der Waals surface area (Å²) in [5.41, 5.74) is -0.134. The number of thioether (sulfide) groups is 1. The van der Waals surface area contributed by atoms with Crippen LogP contribution in [0.3, 0.4) is 0 Å². The monoisotopic (exact) mass is 504 g/mol. The molecule has 0 aliphatic carbocycles. The molecular formula is C21H27F3N4O5S. The van der Waals surface area contributed by atoms with Gasteiger partial charge in [-0.1, -0.05) is 6.92 Å². The molecule has 0 saturated carbocycles. The highest BCUT2D eigenvalue weighted by Crippen LogP contribution is 2.51.